The number of carbonyl (C=O) groups excluding carboxylic acids is 2. The predicted octanol–water partition coefficient (Wildman–Crippen LogP) is 12.5. The Morgan fingerprint density at radius 1 is 0.797 bits per heavy atom. The number of benzene rings is 3. The molecule has 64 heavy (non-hydrogen) atoms. The van der Waals surface area contributed by atoms with Gasteiger partial charge in [0.1, 0.15) is 5.82 Å². The first kappa shape index (κ1) is 48.9. The van der Waals surface area contributed by atoms with Gasteiger partial charge in [-0.05, 0) is 111 Å². The van der Waals surface area contributed by atoms with Gasteiger partial charge in [-0.1, -0.05) is 73.8 Å². The number of nitrogens with one attached hydrogen (secondary N) is 2. The number of urea groups is 2. The SMILES string of the molecule is CCCC(C)N1CCC(N(Cc2cccc(C(C)CC(C)N3CCC(N(Cc4cccnc4)C(=O)Nc4cc(F)cc(C(F)(F)F)c4)CC3)c2)C(=O)Nc2ccc(Cl)c(Cl)c2F)CC1. The molecule has 9 nitrogen and oxygen atoms in total. The van der Waals surface area contributed by atoms with Gasteiger partial charge in [-0.25, -0.2) is 18.4 Å². The standard InChI is InChI=1S/C48H58Cl2F5N7O2/c1-5-8-32(3)59-19-14-40(15-20-59)61(47(64)58-43-13-12-42(49)44(50)45(43)52)29-34-9-6-11-36(24-34)31(2)23-33(4)60-21-16-41(17-22-60)62(30-35-10-7-18-56-28-35)46(63)57-39-26-37(48(53,54)55)25-38(51)27-39/h6-7,9-13,18,24-28,31-33,40-41H,5,8,14-17,19-23,29-30H2,1-4H3,(H,57,63)(H,58,64). The van der Waals surface area contributed by atoms with Crippen LogP contribution in [0.25, 0.3) is 0 Å². The molecule has 4 amide bonds. The highest BCUT2D eigenvalue weighted by Gasteiger charge is 2.34. The maximum Gasteiger partial charge on any atom is 0.416 e. The molecular weight excluding hydrogens is 872 g/mol. The number of anilines is 2. The van der Waals surface area contributed by atoms with E-state index in [0.717, 1.165) is 74.0 Å². The number of piperidine rings is 2. The van der Waals surface area contributed by atoms with E-state index in [2.05, 4.69) is 65.2 Å². The van der Waals surface area contributed by atoms with Crippen LogP contribution in [0.4, 0.5) is 42.9 Å². The van der Waals surface area contributed by atoms with E-state index < -0.39 is 35.4 Å². The van der Waals surface area contributed by atoms with Gasteiger partial charge in [-0.2, -0.15) is 13.2 Å². The molecule has 0 saturated carbocycles. The summed E-state index contributed by atoms with van der Waals surface area (Å²) in [6.45, 7) is 12.4. The predicted molar refractivity (Wildman–Crippen MR) is 244 cm³/mol. The van der Waals surface area contributed by atoms with Crippen LogP contribution in [0.15, 0.2) is 79.1 Å². The molecule has 2 N–H and O–H groups in total. The average Bonchev–Trinajstić information content (AvgIpc) is 3.27. The molecule has 6 rings (SSSR count). The highest BCUT2D eigenvalue weighted by molar-refractivity contribution is 6.42. The minimum absolute atomic E-state index is 0.0323. The van der Waals surface area contributed by atoms with Crippen LogP contribution in [0.3, 0.4) is 0 Å². The lowest BCUT2D eigenvalue weighted by Crippen LogP contribution is -2.50. The largest absolute Gasteiger partial charge is 0.416 e. The Morgan fingerprint density at radius 2 is 1.41 bits per heavy atom. The van der Waals surface area contributed by atoms with Crippen LogP contribution in [0.5, 0.6) is 0 Å². The summed E-state index contributed by atoms with van der Waals surface area (Å²) >= 11 is 12.1. The summed E-state index contributed by atoms with van der Waals surface area (Å²) in [5.74, 6) is -1.72. The van der Waals surface area contributed by atoms with E-state index in [1.807, 2.05) is 23.1 Å². The third kappa shape index (κ3) is 12.9. The van der Waals surface area contributed by atoms with Crippen LogP contribution >= 0.6 is 23.2 Å². The van der Waals surface area contributed by atoms with Gasteiger partial charge in [0, 0.05) is 81.5 Å². The second-order valence-corrected chi connectivity index (χ2v) is 18.1. The van der Waals surface area contributed by atoms with Gasteiger partial charge in [0.2, 0.25) is 0 Å². The van der Waals surface area contributed by atoms with E-state index in [9.17, 15) is 27.2 Å². The Balaban J connectivity index is 1.10. The zero-order valence-electron chi connectivity index (χ0n) is 36.8. The molecule has 16 heteroatoms. The van der Waals surface area contributed by atoms with Gasteiger partial charge in [-0.3, -0.25) is 4.98 Å². The second-order valence-electron chi connectivity index (χ2n) is 17.3. The van der Waals surface area contributed by atoms with Crippen molar-refractivity contribution in [2.45, 2.75) is 122 Å². The average molecular weight is 931 g/mol. The molecule has 3 heterocycles. The van der Waals surface area contributed by atoms with Crippen molar-refractivity contribution in [1.82, 2.24) is 24.6 Å². The number of aromatic nitrogens is 1. The number of amides is 4. The molecule has 1 aromatic heterocycles. The third-order valence-electron chi connectivity index (χ3n) is 12.8. The number of nitrogens with zero attached hydrogens (tertiary/aromatic N) is 5. The molecule has 2 aliphatic rings. The van der Waals surface area contributed by atoms with E-state index in [1.165, 1.54) is 12.1 Å². The lowest BCUT2D eigenvalue weighted by molar-refractivity contribution is -0.137. The number of alkyl halides is 3. The van der Waals surface area contributed by atoms with Crippen LogP contribution in [0, 0.1) is 11.6 Å². The summed E-state index contributed by atoms with van der Waals surface area (Å²) in [5, 5.41) is 5.11. The Morgan fingerprint density at radius 3 is 2.02 bits per heavy atom. The molecule has 3 aromatic carbocycles. The number of carbonyl (C=O) groups is 2. The first-order valence-electron chi connectivity index (χ1n) is 22.1. The second kappa shape index (κ2) is 22.1. The highest BCUT2D eigenvalue weighted by Crippen LogP contribution is 2.34. The third-order valence-corrected chi connectivity index (χ3v) is 13.5. The maximum absolute atomic E-state index is 15.1. The first-order chi connectivity index (χ1) is 30.5. The van der Waals surface area contributed by atoms with Crippen LogP contribution < -0.4 is 10.6 Å². The van der Waals surface area contributed by atoms with Gasteiger partial charge < -0.3 is 30.2 Å². The highest BCUT2D eigenvalue weighted by atomic mass is 35.5. The molecule has 346 valence electrons. The van der Waals surface area contributed by atoms with Gasteiger partial charge in [0.05, 0.1) is 21.3 Å². The van der Waals surface area contributed by atoms with E-state index >= 15 is 4.39 Å². The number of hydrogen-bond donors (Lipinski definition) is 2. The van der Waals surface area contributed by atoms with Crippen LogP contribution in [0.1, 0.15) is 101 Å². The number of likely N-dealkylation sites (tertiary alicyclic amines) is 2. The van der Waals surface area contributed by atoms with E-state index in [4.69, 9.17) is 23.2 Å². The number of pyridine rings is 1. The number of hydrogen-bond acceptors (Lipinski definition) is 5. The topological polar surface area (TPSA) is 84.1 Å². The first-order valence-corrected chi connectivity index (χ1v) is 22.9. The number of halogens is 7. The smallest absolute Gasteiger partial charge is 0.317 e. The molecule has 2 fully saturated rings. The fourth-order valence-corrected chi connectivity index (χ4v) is 9.43. The summed E-state index contributed by atoms with van der Waals surface area (Å²) in [4.78, 5) is 40.2. The summed E-state index contributed by atoms with van der Waals surface area (Å²) in [6, 6.07) is 16.1. The summed E-state index contributed by atoms with van der Waals surface area (Å²) < 4.78 is 69.7. The quantitative estimate of drug-likeness (QED) is 0.0916. The molecular formula is C48H58Cl2F5N7O2. The molecule has 2 aliphatic heterocycles. The zero-order chi connectivity index (χ0) is 46.1. The van der Waals surface area contributed by atoms with Gasteiger partial charge in [-0.15, -0.1) is 0 Å². The van der Waals surface area contributed by atoms with Crippen molar-refractivity contribution in [1.29, 1.82) is 0 Å². The summed E-state index contributed by atoms with van der Waals surface area (Å²) in [7, 11) is 0. The minimum Gasteiger partial charge on any atom is -0.317 e. The maximum atomic E-state index is 15.1. The van der Waals surface area contributed by atoms with Gasteiger partial charge in [0.15, 0.2) is 5.82 Å². The van der Waals surface area contributed by atoms with Crippen molar-refractivity contribution in [2.75, 3.05) is 36.8 Å². The molecule has 0 bridgehead atoms. The molecule has 3 unspecified atom stereocenters. The normalized spacial score (nSPS) is 17.1. The Hall–Kier alpha value is -4.50. The molecule has 3 atom stereocenters. The van der Waals surface area contributed by atoms with Crippen molar-refractivity contribution in [3.05, 3.63) is 123 Å². The minimum atomic E-state index is -4.78. The lowest BCUT2D eigenvalue weighted by Gasteiger charge is -2.41. The van der Waals surface area contributed by atoms with Crippen LogP contribution in [-0.2, 0) is 19.3 Å². The summed E-state index contributed by atoms with van der Waals surface area (Å²) in [6.07, 6.45) is 4.36. The van der Waals surface area contributed by atoms with E-state index in [1.54, 1.807) is 23.4 Å². The van der Waals surface area contributed by atoms with Crippen molar-refractivity contribution in [3.8, 4) is 0 Å². The molecule has 0 aliphatic carbocycles. The molecule has 4 aromatic rings. The van der Waals surface area contributed by atoms with Crippen molar-refractivity contribution < 1.29 is 31.5 Å². The Labute approximate surface area is 383 Å². The van der Waals surface area contributed by atoms with Crippen molar-refractivity contribution in [3.63, 3.8) is 0 Å². The summed E-state index contributed by atoms with van der Waals surface area (Å²) in [5.41, 5.74) is 1.36. The Kier molecular flexibility index (Phi) is 16.9. The van der Waals surface area contributed by atoms with Gasteiger partial charge in [0.25, 0.3) is 0 Å². The fourth-order valence-electron chi connectivity index (χ4n) is 9.12. The van der Waals surface area contributed by atoms with Crippen molar-refractivity contribution in [2.24, 2.45) is 0 Å². The van der Waals surface area contributed by atoms with Gasteiger partial charge >= 0.3 is 18.2 Å². The molecule has 2 saturated heterocycles. The van der Waals surface area contributed by atoms with E-state index in [0.29, 0.717) is 44.6 Å². The van der Waals surface area contributed by atoms with E-state index in [-0.39, 0.29) is 52.0 Å². The monoisotopic (exact) mass is 929 g/mol. The Bertz CT molecular complexity index is 2190. The van der Waals surface area contributed by atoms with Crippen LogP contribution in [-0.4, -0.2) is 87.0 Å². The number of rotatable bonds is 15. The molecule has 0 spiro atoms. The van der Waals surface area contributed by atoms with Crippen molar-refractivity contribution >= 4 is 46.6 Å². The lowest BCUT2D eigenvalue weighted by atomic mass is 9.91. The fraction of sp³-hybridized carbons (Fsp3) is 0.479. The zero-order valence-corrected chi connectivity index (χ0v) is 38.3. The van der Waals surface area contributed by atoms with Crippen LogP contribution in [0.2, 0.25) is 10.0 Å². The molecule has 0 radical (unpaired) electrons.